The maximum absolute atomic E-state index is 11.7. The van der Waals surface area contributed by atoms with E-state index >= 15 is 0 Å². The number of amides is 1. The van der Waals surface area contributed by atoms with Crippen molar-refractivity contribution >= 4 is 27.5 Å². The molecule has 0 radical (unpaired) electrons. The second-order valence-electron chi connectivity index (χ2n) is 4.83. The van der Waals surface area contributed by atoms with E-state index in [0.29, 0.717) is 0 Å². The first kappa shape index (κ1) is 14.6. The molecule has 0 aromatic heterocycles. The fourth-order valence-electron chi connectivity index (χ4n) is 1.98. The highest BCUT2D eigenvalue weighted by Gasteiger charge is 2.18. The monoisotopic (exact) mass is 332 g/mol. The highest BCUT2D eigenvalue weighted by atomic mass is 79.9. The van der Waals surface area contributed by atoms with Gasteiger partial charge in [-0.2, -0.15) is 0 Å². The Balaban J connectivity index is 2.29. The van der Waals surface area contributed by atoms with E-state index in [0.717, 1.165) is 21.3 Å². The number of nitrogens with one attached hydrogen (secondary N) is 1. The third kappa shape index (κ3) is 3.39. The molecule has 0 heterocycles. The van der Waals surface area contributed by atoms with Gasteiger partial charge in [0.15, 0.2) is 0 Å². The molecule has 0 fully saturated rings. The van der Waals surface area contributed by atoms with E-state index in [9.17, 15) is 4.79 Å². The summed E-state index contributed by atoms with van der Waals surface area (Å²) in [6.45, 7) is 4.07. The molecule has 3 nitrogen and oxygen atoms in total. The summed E-state index contributed by atoms with van der Waals surface area (Å²) in [4.78, 5) is 11.7. The minimum atomic E-state index is -0.532. The zero-order valence-corrected chi connectivity index (χ0v) is 13.1. The highest BCUT2D eigenvalue weighted by Crippen LogP contribution is 2.23. The van der Waals surface area contributed by atoms with Crippen LogP contribution in [0.4, 0.5) is 5.69 Å². The lowest BCUT2D eigenvalue weighted by molar-refractivity contribution is -0.118. The molecule has 0 bridgehead atoms. The first-order chi connectivity index (χ1) is 9.47. The molecule has 1 atom stereocenters. The third-order valence-corrected chi connectivity index (χ3v) is 3.83. The van der Waals surface area contributed by atoms with Gasteiger partial charge in [0.1, 0.15) is 6.04 Å². The van der Waals surface area contributed by atoms with Gasteiger partial charge in [-0.25, -0.2) is 0 Å². The molecular weight excluding hydrogens is 316 g/mol. The lowest BCUT2D eigenvalue weighted by atomic mass is 10.0. The molecule has 0 aliphatic carbocycles. The molecule has 0 saturated carbocycles. The largest absolute Gasteiger partial charge is 0.370 e. The van der Waals surface area contributed by atoms with E-state index < -0.39 is 11.9 Å². The average molecular weight is 333 g/mol. The van der Waals surface area contributed by atoms with Crippen LogP contribution in [-0.4, -0.2) is 5.91 Å². The number of rotatable bonds is 4. The van der Waals surface area contributed by atoms with Gasteiger partial charge in [-0.05, 0) is 54.8 Å². The SMILES string of the molecule is Cc1ccc(C(Nc2ccc(Br)cc2)C(N)=O)cc1C. The van der Waals surface area contributed by atoms with Crippen LogP contribution in [0.25, 0.3) is 0 Å². The summed E-state index contributed by atoms with van der Waals surface area (Å²) in [5.74, 6) is -0.392. The molecule has 2 rings (SSSR count). The Morgan fingerprint density at radius 3 is 2.30 bits per heavy atom. The number of nitrogens with two attached hydrogens (primary N) is 1. The Morgan fingerprint density at radius 2 is 1.75 bits per heavy atom. The van der Waals surface area contributed by atoms with Crippen LogP contribution in [-0.2, 0) is 4.79 Å². The Morgan fingerprint density at radius 1 is 1.10 bits per heavy atom. The number of aryl methyl sites for hydroxylation is 2. The summed E-state index contributed by atoms with van der Waals surface area (Å²) in [7, 11) is 0. The van der Waals surface area contributed by atoms with Crippen LogP contribution in [0.15, 0.2) is 46.9 Å². The molecular formula is C16H17BrN2O. The van der Waals surface area contributed by atoms with Crippen molar-refractivity contribution in [3.05, 3.63) is 63.6 Å². The van der Waals surface area contributed by atoms with Crippen molar-refractivity contribution in [1.82, 2.24) is 0 Å². The Bertz CT molecular complexity index is 623. The Hall–Kier alpha value is -1.81. The van der Waals surface area contributed by atoms with Gasteiger partial charge in [-0.1, -0.05) is 34.1 Å². The van der Waals surface area contributed by atoms with Crippen LogP contribution in [0.1, 0.15) is 22.7 Å². The van der Waals surface area contributed by atoms with Crippen LogP contribution in [0.3, 0.4) is 0 Å². The number of hydrogen-bond donors (Lipinski definition) is 2. The number of halogens is 1. The smallest absolute Gasteiger partial charge is 0.244 e. The summed E-state index contributed by atoms with van der Waals surface area (Å²) in [5, 5.41) is 3.17. The zero-order chi connectivity index (χ0) is 14.7. The van der Waals surface area contributed by atoms with Crippen molar-refractivity contribution < 1.29 is 4.79 Å². The van der Waals surface area contributed by atoms with Crippen LogP contribution in [0.2, 0.25) is 0 Å². The molecule has 1 amide bonds. The summed E-state index contributed by atoms with van der Waals surface area (Å²) >= 11 is 3.38. The van der Waals surface area contributed by atoms with Gasteiger partial charge in [0.05, 0.1) is 0 Å². The molecule has 1 unspecified atom stereocenters. The van der Waals surface area contributed by atoms with Gasteiger partial charge in [0.25, 0.3) is 0 Å². The number of primary amides is 1. The average Bonchev–Trinajstić information content (AvgIpc) is 2.41. The van der Waals surface area contributed by atoms with Gasteiger partial charge in [-0.3, -0.25) is 4.79 Å². The Labute approximate surface area is 127 Å². The van der Waals surface area contributed by atoms with Crippen molar-refractivity contribution in [3.63, 3.8) is 0 Å². The van der Waals surface area contributed by atoms with Crippen molar-refractivity contribution in [3.8, 4) is 0 Å². The summed E-state index contributed by atoms with van der Waals surface area (Å²) in [5.41, 5.74) is 9.60. The molecule has 0 aliphatic heterocycles. The second kappa shape index (κ2) is 6.09. The summed E-state index contributed by atoms with van der Waals surface area (Å²) in [6.07, 6.45) is 0. The summed E-state index contributed by atoms with van der Waals surface area (Å²) < 4.78 is 0.991. The van der Waals surface area contributed by atoms with E-state index in [1.54, 1.807) is 0 Å². The number of hydrogen-bond acceptors (Lipinski definition) is 2. The zero-order valence-electron chi connectivity index (χ0n) is 11.5. The number of carbonyl (C=O) groups excluding carboxylic acids is 1. The molecule has 3 N–H and O–H groups in total. The number of carbonyl (C=O) groups is 1. The van der Waals surface area contributed by atoms with Crippen molar-refractivity contribution in [1.29, 1.82) is 0 Å². The maximum atomic E-state index is 11.7. The van der Waals surface area contributed by atoms with Crippen LogP contribution < -0.4 is 11.1 Å². The van der Waals surface area contributed by atoms with E-state index in [1.807, 2.05) is 56.3 Å². The van der Waals surface area contributed by atoms with Gasteiger partial charge >= 0.3 is 0 Å². The van der Waals surface area contributed by atoms with Crippen molar-refractivity contribution in [2.24, 2.45) is 5.73 Å². The van der Waals surface area contributed by atoms with E-state index in [-0.39, 0.29) is 0 Å². The predicted octanol–water partition coefficient (Wildman–Crippen LogP) is 3.70. The van der Waals surface area contributed by atoms with Crippen LogP contribution in [0.5, 0.6) is 0 Å². The van der Waals surface area contributed by atoms with Gasteiger partial charge < -0.3 is 11.1 Å². The van der Waals surface area contributed by atoms with Gasteiger partial charge in [0, 0.05) is 10.2 Å². The molecule has 0 aliphatic rings. The minimum absolute atomic E-state index is 0.392. The number of benzene rings is 2. The fraction of sp³-hybridized carbons (Fsp3) is 0.188. The fourth-order valence-corrected chi connectivity index (χ4v) is 2.24. The van der Waals surface area contributed by atoms with Crippen molar-refractivity contribution in [2.45, 2.75) is 19.9 Å². The van der Waals surface area contributed by atoms with E-state index in [4.69, 9.17) is 5.73 Å². The first-order valence-electron chi connectivity index (χ1n) is 6.36. The molecule has 0 saturated heterocycles. The van der Waals surface area contributed by atoms with Crippen molar-refractivity contribution in [2.75, 3.05) is 5.32 Å². The third-order valence-electron chi connectivity index (χ3n) is 3.30. The highest BCUT2D eigenvalue weighted by molar-refractivity contribution is 9.10. The number of anilines is 1. The second-order valence-corrected chi connectivity index (χ2v) is 5.75. The predicted molar refractivity (Wildman–Crippen MR) is 85.6 cm³/mol. The molecule has 104 valence electrons. The maximum Gasteiger partial charge on any atom is 0.244 e. The lowest BCUT2D eigenvalue weighted by Crippen LogP contribution is -2.27. The molecule has 20 heavy (non-hydrogen) atoms. The van der Waals surface area contributed by atoms with E-state index in [2.05, 4.69) is 21.2 Å². The standard InChI is InChI=1S/C16H17BrN2O/c1-10-3-4-12(9-11(10)2)15(16(18)20)19-14-7-5-13(17)6-8-14/h3-9,15,19H,1-2H3,(H2,18,20). The first-order valence-corrected chi connectivity index (χ1v) is 7.15. The Kier molecular flexibility index (Phi) is 4.45. The van der Waals surface area contributed by atoms with E-state index in [1.165, 1.54) is 5.56 Å². The quantitative estimate of drug-likeness (QED) is 0.896. The van der Waals surface area contributed by atoms with Gasteiger partial charge in [-0.15, -0.1) is 0 Å². The van der Waals surface area contributed by atoms with Gasteiger partial charge in [0.2, 0.25) is 5.91 Å². The molecule has 2 aromatic rings. The lowest BCUT2D eigenvalue weighted by Gasteiger charge is -2.18. The molecule has 2 aromatic carbocycles. The van der Waals surface area contributed by atoms with Crippen LogP contribution in [0, 0.1) is 13.8 Å². The summed E-state index contributed by atoms with van der Waals surface area (Å²) in [6, 6.07) is 13.0. The minimum Gasteiger partial charge on any atom is -0.370 e. The normalized spacial score (nSPS) is 11.9. The topological polar surface area (TPSA) is 55.1 Å². The molecule has 0 spiro atoms. The molecule has 4 heteroatoms. The van der Waals surface area contributed by atoms with Crippen LogP contribution >= 0.6 is 15.9 Å².